The fourth-order valence-corrected chi connectivity index (χ4v) is 4.89. The van der Waals surface area contributed by atoms with Crippen molar-refractivity contribution in [2.75, 3.05) is 19.0 Å². The second-order valence-corrected chi connectivity index (χ2v) is 9.58. The number of pyridine rings is 1. The first-order valence-corrected chi connectivity index (χ1v) is 12.8. The SMILES string of the molecule is COc1ccc(Nc2ccc(CCC(O)(CN)c3ccc(O)c4[nH]c(=O)ccc34)cc2)cc1-c1ccccc1. The highest BCUT2D eigenvalue weighted by Gasteiger charge is 2.30. The number of anilines is 2. The summed E-state index contributed by atoms with van der Waals surface area (Å²) in [5, 5.41) is 25.7. The molecule has 7 nitrogen and oxygen atoms in total. The normalized spacial score (nSPS) is 12.7. The smallest absolute Gasteiger partial charge is 0.248 e. The molecule has 0 aliphatic carbocycles. The van der Waals surface area contributed by atoms with Gasteiger partial charge in [0.15, 0.2) is 0 Å². The molecule has 1 aromatic heterocycles. The van der Waals surface area contributed by atoms with Crippen LogP contribution in [0.2, 0.25) is 0 Å². The van der Waals surface area contributed by atoms with Gasteiger partial charge in [0.2, 0.25) is 5.56 Å². The molecule has 6 N–H and O–H groups in total. The van der Waals surface area contributed by atoms with Crippen molar-refractivity contribution >= 4 is 22.3 Å². The number of nitrogens with two attached hydrogens (primary N) is 1. The molecule has 0 bridgehead atoms. The Kier molecular flexibility index (Phi) is 7.36. The third-order valence-electron chi connectivity index (χ3n) is 7.07. The molecule has 5 rings (SSSR count). The van der Waals surface area contributed by atoms with Crippen LogP contribution in [-0.2, 0) is 12.0 Å². The highest BCUT2D eigenvalue weighted by Crippen LogP contribution is 2.35. The molecule has 0 saturated carbocycles. The molecule has 7 heteroatoms. The van der Waals surface area contributed by atoms with Gasteiger partial charge >= 0.3 is 0 Å². The van der Waals surface area contributed by atoms with Crippen LogP contribution in [0.15, 0.2) is 102 Å². The van der Waals surface area contributed by atoms with Crippen LogP contribution in [0.4, 0.5) is 11.4 Å². The van der Waals surface area contributed by atoms with E-state index in [1.807, 2.05) is 54.6 Å². The molecule has 0 fully saturated rings. The van der Waals surface area contributed by atoms with E-state index in [9.17, 15) is 15.0 Å². The average Bonchev–Trinajstić information content (AvgIpc) is 2.97. The van der Waals surface area contributed by atoms with Crippen LogP contribution >= 0.6 is 0 Å². The number of aromatic amines is 1. The Morgan fingerprint density at radius 2 is 1.67 bits per heavy atom. The lowest BCUT2D eigenvalue weighted by molar-refractivity contribution is 0.0384. The summed E-state index contributed by atoms with van der Waals surface area (Å²) < 4.78 is 5.57. The van der Waals surface area contributed by atoms with Gasteiger partial charge in [-0.05, 0) is 72.0 Å². The van der Waals surface area contributed by atoms with Crippen molar-refractivity contribution in [3.05, 3.63) is 119 Å². The second-order valence-electron chi connectivity index (χ2n) is 9.58. The van der Waals surface area contributed by atoms with E-state index >= 15 is 0 Å². The van der Waals surface area contributed by atoms with Crippen LogP contribution in [0.1, 0.15) is 17.5 Å². The summed E-state index contributed by atoms with van der Waals surface area (Å²) in [7, 11) is 1.67. The predicted molar refractivity (Wildman–Crippen MR) is 156 cm³/mol. The lowest BCUT2D eigenvalue weighted by atomic mass is 9.85. The maximum atomic E-state index is 11.8. The van der Waals surface area contributed by atoms with Crippen molar-refractivity contribution in [3.63, 3.8) is 0 Å². The number of fused-ring (bicyclic) bond motifs is 1. The van der Waals surface area contributed by atoms with E-state index in [-0.39, 0.29) is 23.4 Å². The van der Waals surface area contributed by atoms with Gasteiger partial charge in [0, 0.05) is 34.9 Å². The quantitative estimate of drug-likeness (QED) is 0.176. The molecular formula is C32H31N3O4. The first-order valence-electron chi connectivity index (χ1n) is 12.8. The molecule has 39 heavy (non-hydrogen) atoms. The number of rotatable bonds is 9. The fraction of sp³-hybridized carbons (Fsp3) is 0.156. The van der Waals surface area contributed by atoms with Gasteiger partial charge in [-0.3, -0.25) is 4.79 Å². The van der Waals surface area contributed by atoms with Gasteiger partial charge in [-0.1, -0.05) is 48.5 Å². The van der Waals surface area contributed by atoms with Crippen LogP contribution in [0.3, 0.4) is 0 Å². The Morgan fingerprint density at radius 3 is 2.38 bits per heavy atom. The Hall–Kier alpha value is -4.59. The van der Waals surface area contributed by atoms with E-state index in [0.29, 0.717) is 23.8 Å². The monoisotopic (exact) mass is 521 g/mol. The van der Waals surface area contributed by atoms with Crippen molar-refractivity contribution in [1.82, 2.24) is 4.98 Å². The first kappa shape index (κ1) is 26.0. The Morgan fingerprint density at radius 1 is 0.923 bits per heavy atom. The van der Waals surface area contributed by atoms with Gasteiger partial charge in [-0.25, -0.2) is 0 Å². The van der Waals surface area contributed by atoms with Gasteiger partial charge in [-0.2, -0.15) is 0 Å². The van der Waals surface area contributed by atoms with Gasteiger partial charge in [0.25, 0.3) is 0 Å². The first-order chi connectivity index (χ1) is 18.9. The molecule has 198 valence electrons. The molecule has 1 heterocycles. The number of hydrogen-bond acceptors (Lipinski definition) is 6. The highest BCUT2D eigenvalue weighted by atomic mass is 16.5. The van der Waals surface area contributed by atoms with Crippen LogP contribution in [-0.4, -0.2) is 28.9 Å². The zero-order valence-electron chi connectivity index (χ0n) is 21.6. The van der Waals surface area contributed by atoms with E-state index in [4.69, 9.17) is 10.5 Å². The minimum absolute atomic E-state index is 0.00709. The van der Waals surface area contributed by atoms with Gasteiger partial charge in [-0.15, -0.1) is 0 Å². The van der Waals surface area contributed by atoms with Crippen molar-refractivity contribution in [3.8, 4) is 22.6 Å². The molecule has 0 radical (unpaired) electrons. The summed E-state index contributed by atoms with van der Waals surface area (Å²) in [5.41, 5.74) is 10.2. The number of ether oxygens (including phenoxy) is 1. The number of aryl methyl sites for hydroxylation is 1. The third-order valence-corrected chi connectivity index (χ3v) is 7.07. The molecular weight excluding hydrogens is 490 g/mol. The van der Waals surface area contributed by atoms with Crippen LogP contribution in [0, 0.1) is 0 Å². The van der Waals surface area contributed by atoms with Crippen LogP contribution in [0.5, 0.6) is 11.5 Å². The summed E-state index contributed by atoms with van der Waals surface area (Å²) in [6, 6.07) is 30.3. The minimum atomic E-state index is -1.34. The molecule has 0 aliphatic rings. The number of benzene rings is 4. The fourth-order valence-electron chi connectivity index (χ4n) is 4.89. The average molecular weight is 522 g/mol. The molecule has 0 aliphatic heterocycles. The summed E-state index contributed by atoms with van der Waals surface area (Å²) >= 11 is 0. The zero-order valence-corrected chi connectivity index (χ0v) is 21.6. The Balaban J connectivity index is 1.32. The number of aliphatic hydroxyl groups is 1. The van der Waals surface area contributed by atoms with E-state index in [1.165, 1.54) is 12.1 Å². The van der Waals surface area contributed by atoms with Gasteiger partial charge < -0.3 is 31.0 Å². The van der Waals surface area contributed by atoms with Gasteiger partial charge in [0.1, 0.15) is 17.1 Å². The van der Waals surface area contributed by atoms with E-state index in [2.05, 4.69) is 28.5 Å². The van der Waals surface area contributed by atoms with E-state index < -0.39 is 5.60 Å². The number of H-pyrrole nitrogens is 1. The molecule has 4 aromatic carbocycles. The third kappa shape index (κ3) is 5.50. The van der Waals surface area contributed by atoms with Crippen LogP contribution in [0.25, 0.3) is 22.0 Å². The summed E-state index contributed by atoms with van der Waals surface area (Å²) in [5.74, 6) is 0.754. The number of phenolic OH excluding ortho intramolecular Hbond substituents is 1. The maximum absolute atomic E-state index is 11.8. The van der Waals surface area contributed by atoms with Crippen molar-refractivity contribution in [2.24, 2.45) is 5.73 Å². The highest BCUT2D eigenvalue weighted by molar-refractivity contribution is 5.88. The topological polar surface area (TPSA) is 121 Å². The Labute approximate surface area is 226 Å². The van der Waals surface area contributed by atoms with E-state index in [1.54, 1.807) is 19.2 Å². The number of phenols is 1. The molecule has 1 unspecified atom stereocenters. The van der Waals surface area contributed by atoms with Crippen molar-refractivity contribution < 1.29 is 14.9 Å². The molecule has 0 saturated heterocycles. The zero-order chi connectivity index (χ0) is 27.4. The largest absolute Gasteiger partial charge is 0.506 e. The summed E-state index contributed by atoms with van der Waals surface area (Å²) in [6.07, 6.45) is 0.953. The maximum Gasteiger partial charge on any atom is 0.248 e. The second kappa shape index (κ2) is 11.0. The van der Waals surface area contributed by atoms with Crippen molar-refractivity contribution in [2.45, 2.75) is 18.4 Å². The molecule has 1 atom stereocenters. The molecule has 0 spiro atoms. The van der Waals surface area contributed by atoms with E-state index in [0.717, 1.165) is 33.8 Å². The number of aromatic hydroxyl groups is 1. The number of hydrogen-bond donors (Lipinski definition) is 5. The lowest BCUT2D eigenvalue weighted by Crippen LogP contribution is -2.35. The minimum Gasteiger partial charge on any atom is -0.506 e. The predicted octanol–water partition coefficient (Wildman–Crippen LogP) is 5.43. The summed E-state index contributed by atoms with van der Waals surface area (Å²) in [6.45, 7) is -0.00709. The number of nitrogens with one attached hydrogen (secondary N) is 2. The standard InChI is InChI=1S/C32H31N3O4/c1-39-29-15-11-24(19-26(29)22-5-3-2-4-6-22)34-23-9-7-21(8-10-23)17-18-32(38,20-33)27-13-14-28(36)31-25(27)12-16-30(37)35-31/h2-16,19,34,36,38H,17-18,20,33H2,1H3,(H,35,37). The number of aromatic nitrogens is 1. The molecule has 0 amide bonds. The molecule has 5 aromatic rings. The lowest BCUT2D eigenvalue weighted by Gasteiger charge is -2.28. The Bertz CT molecular complexity index is 1650. The number of methoxy groups -OCH3 is 1. The van der Waals surface area contributed by atoms with Gasteiger partial charge in [0.05, 0.1) is 12.6 Å². The van der Waals surface area contributed by atoms with Crippen molar-refractivity contribution in [1.29, 1.82) is 0 Å². The van der Waals surface area contributed by atoms with Crippen LogP contribution < -0.4 is 21.3 Å². The summed E-state index contributed by atoms with van der Waals surface area (Å²) in [4.78, 5) is 14.4.